The quantitative estimate of drug-likeness (QED) is 0.865. The van der Waals surface area contributed by atoms with Gasteiger partial charge >= 0.3 is 0 Å². The number of benzene rings is 1. The van der Waals surface area contributed by atoms with Crippen molar-refractivity contribution in [3.05, 3.63) is 59.4 Å². The summed E-state index contributed by atoms with van der Waals surface area (Å²) in [6.45, 7) is 1.97. The second-order valence-corrected chi connectivity index (χ2v) is 5.36. The summed E-state index contributed by atoms with van der Waals surface area (Å²) in [6, 6.07) is 14.1. The van der Waals surface area contributed by atoms with Crippen LogP contribution in [-0.4, -0.2) is 4.98 Å². The minimum absolute atomic E-state index is 0.0671. The van der Waals surface area contributed by atoms with Crippen molar-refractivity contribution in [3.8, 4) is 6.07 Å². The van der Waals surface area contributed by atoms with Gasteiger partial charge in [0.1, 0.15) is 11.8 Å². The third-order valence-corrected chi connectivity index (χ3v) is 3.83. The highest BCUT2D eigenvalue weighted by Crippen LogP contribution is 2.24. The number of rotatable bonds is 4. The fourth-order valence-electron chi connectivity index (χ4n) is 1.66. The number of thioether (sulfide) groups is 1. The summed E-state index contributed by atoms with van der Waals surface area (Å²) in [4.78, 5) is 5.15. The van der Waals surface area contributed by atoms with Crippen LogP contribution in [0.1, 0.15) is 29.8 Å². The topological polar surface area (TPSA) is 62.7 Å². The van der Waals surface area contributed by atoms with Crippen LogP contribution in [0.5, 0.6) is 0 Å². The fraction of sp³-hybridized carbons (Fsp3) is 0.200. The van der Waals surface area contributed by atoms with Crippen LogP contribution in [-0.2, 0) is 5.75 Å². The highest BCUT2D eigenvalue weighted by atomic mass is 32.2. The van der Waals surface area contributed by atoms with E-state index in [0.717, 1.165) is 16.9 Å². The second-order valence-electron chi connectivity index (χ2n) is 4.31. The first kappa shape index (κ1) is 13.6. The molecule has 4 heteroatoms. The average Bonchev–Trinajstić information content (AvgIpc) is 2.46. The summed E-state index contributed by atoms with van der Waals surface area (Å²) in [7, 11) is 0. The minimum Gasteiger partial charge on any atom is -0.324 e. The fourth-order valence-corrected chi connectivity index (χ4v) is 2.50. The van der Waals surface area contributed by atoms with Gasteiger partial charge in [-0.3, -0.25) is 0 Å². The van der Waals surface area contributed by atoms with Crippen molar-refractivity contribution in [2.45, 2.75) is 23.6 Å². The number of nitriles is 1. The molecule has 2 aromatic rings. The first-order valence-electron chi connectivity index (χ1n) is 6.02. The van der Waals surface area contributed by atoms with Crippen LogP contribution in [0, 0.1) is 11.3 Å². The first-order chi connectivity index (χ1) is 9.19. The van der Waals surface area contributed by atoms with E-state index < -0.39 is 0 Å². The van der Waals surface area contributed by atoms with Gasteiger partial charge in [0.25, 0.3) is 0 Å². The molecule has 0 aliphatic carbocycles. The van der Waals surface area contributed by atoms with Crippen molar-refractivity contribution in [1.82, 2.24) is 4.98 Å². The van der Waals surface area contributed by atoms with Crippen molar-refractivity contribution >= 4 is 11.8 Å². The molecule has 0 bridgehead atoms. The summed E-state index contributed by atoms with van der Waals surface area (Å²) in [5.74, 6) is 0.828. The van der Waals surface area contributed by atoms with Gasteiger partial charge in [-0.25, -0.2) is 4.98 Å². The Bertz CT molecular complexity index is 585. The molecular weight excluding hydrogens is 254 g/mol. The predicted molar refractivity (Wildman–Crippen MR) is 77.6 cm³/mol. The summed E-state index contributed by atoms with van der Waals surface area (Å²) in [6.07, 6.45) is 1.67. The Morgan fingerprint density at radius 2 is 2.05 bits per heavy atom. The van der Waals surface area contributed by atoms with Crippen LogP contribution in [0.3, 0.4) is 0 Å². The van der Waals surface area contributed by atoms with E-state index in [1.54, 1.807) is 18.0 Å². The number of pyridine rings is 1. The Hall–Kier alpha value is -1.83. The van der Waals surface area contributed by atoms with Gasteiger partial charge in [-0.05, 0) is 42.3 Å². The lowest BCUT2D eigenvalue weighted by molar-refractivity contribution is 0.817. The van der Waals surface area contributed by atoms with Gasteiger partial charge < -0.3 is 5.73 Å². The SMILES string of the molecule is CC(N)c1ccc(SCc2ccnc(C#N)c2)cc1. The van der Waals surface area contributed by atoms with Crippen molar-refractivity contribution in [3.63, 3.8) is 0 Å². The van der Waals surface area contributed by atoms with Crippen molar-refractivity contribution in [2.75, 3.05) is 0 Å². The van der Waals surface area contributed by atoms with Crippen LogP contribution < -0.4 is 5.73 Å². The number of nitrogens with two attached hydrogens (primary N) is 1. The molecule has 0 aliphatic heterocycles. The normalized spacial score (nSPS) is 11.8. The van der Waals surface area contributed by atoms with E-state index >= 15 is 0 Å². The summed E-state index contributed by atoms with van der Waals surface area (Å²) < 4.78 is 0. The Morgan fingerprint density at radius 1 is 1.32 bits per heavy atom. The van der Waals surface area contributed by atoms with Gasteiger partial charge in [-0.1, -0.05) is 12.1 Å². The Balaban J connectivity index is 2.00. The summed E-state index contributed by atoms with van der Waals surface area (Å²) in [5.41, 5.74) is 8.52. The smallest absolute Gasteiger partial charge is 0.140 e. The van der Waals surface area contributed by atoms with E-state index in [-0.39, 0.29) is 6.04 Å². The molecule has 0 spiro atoms. The molecule has 0 saturated carbocycles. The van der Waals surface area contributed by atoms with Crippen LogP contribution in [0.4, 0.5) is 0 Å². The molecule has 1 aromatic carbocycles. The third-order valence-electron chi connectivity index (χ3n) is 2.75. The van der Waals surface area contributed by atoms with Gasteiger partial charge in [0.05, 0.1) is 0 Å². The monoisotopic (exact) mass is 269 g/mol. The molecule has 1 atom stereocenters. The van der Waals surface area contributed by atoms with E-state index in [0.29, 0.717) is 5.69 Å². The van der Waals surface area contributed by atoms with Gasteiger partial charge in [-0.2, -0.15) is 5.26 Å². The highest BCUT2D eigenvalue weighted by Gasteiger charge is 2.01. The third kappa shape index (κ3) is 3.82. The zero-order valence-corrected chi connectivity index (χ0v) is 11.5. The van der Waals surface area contributed by atoms with Crippen LogP contribution >= 0.6 is 11.8 Å². The largest absolute Gasteiger partial charge is 0.324 e. The molecule has 19 heavy (non-hydrogen) atoms. The molecule has 0 saturated heterocycles. The number of hydrogen-bond donors (Lipinski definition) is 1. The van der Waals surface area contributed by atoms with Crippen molar-refractivity contribution in [2.24, 2.45) is 5.73 Å². The molecule has 96 valence electrons. The maximum absolute atomic E-state index is 8.80. The molecule has 0 fully saturated rings. The van der Waals surface area contributed by atoms with Crippen molar-refractivity contribution in [1.29, 1.82) is 5.26 Å². The molecule has 1 unspecified atom stereocenters. The lowest BCUT2D eigenvalue weighted by atomic mass is 10.1. The van der Waals surface area contributed by atoms with Gasteiger partial charge in [0.2, 0.25) is 0 Å². The molecule has 0 amide bonds. The van der Waals surface area contributed by atoms with Gasteiger partial charge in [0.15, 0.2) is 0 Å². The zero-order chi connectivity index (χ0) is 13.7. The number of nitrogens with zero attached hydrogens (tertiary/aromatic N) is 2. The first-order valence-corrected chi connectivity index (χ1v) is 7.01. The average molecular weight is 269 g/mol. The van der Waals surface area contributed by atoms with Crippen molar-refractivity contribution < 1.29 is 0 Å². The Morgan fingerprint density at radius 3 is 2.68 bits per heavy atom. The molecule has 2 N–H and O–H groups in total. The Labute approximate surface area is 117 Å². The van der Waals surface area contributed by atoms with E-state index in [1.807, 2.05) is 19.1 Å². The van der Waals surface area contributed by atoms with E-state index in [9.17, 15) is 0 Å². The predicted octanol–water partition coefficient (Wildman–Crippen LogP) is 3.27. The number of hydrogen-bond acceptors (Lipinski definition) is 4. The van der Waals surface area contributed by atoms with E-state index in [1.165, 1.54) is 4.90 Å². The second kappa shape index (κ2) is 6.37. The molecule has 0 radical (unpaired) electrons. The number of aromatic nitrogens is 1. The molecule has 1 heterocycles. The molecule has 0 aliphatic rings. The molecule has 2 rings (SSSR count). The zero-order valence-electron chi connectivity index (χ0n) is 10.7. The summed E-state index contributed by atoms with van der Waals surface area (Å²) >= 11 is 1.74. The van der Waals surface area contributed by atoms with Gasteiger partial charge in [0, 0.05) is 22.9 Å². The Kier molecular flexibility index (Phi) is 4.56. The maximum Gasteiger partial charge on any atom is 0.140 e. The van der Waals surface area contributed by atoms with E-state index in [4.69, 9.17) is 11.0 Å². The van der Waals surface area contributed by atoms with E-state index in [2.05, 4.69) is 35.3 Å². The van der Waals surface area contributed by atoms with Crippen LogP contribution in [0.2, 0.25) is 0 Å². The maximum atomic E-state index is 8.80. The molecular formula is C15H15N3S. The minimum atomic E-state index is 0.0671. The van der Waals surface area contributed by atoms with Crippen LogP contribution in [0.25, 0.3) is 0 Å². The lowest BCUT2D eigenvalue weighted by Gasteiger charge is -2.07. The molecule has 1 aromatic heterocycles. The lowest BCUT2D eigenvalue weighted by Crippen LogP contribution is -2.04. The van der Waals surface area contributed by atoms with Gasteiger partial charge in [-0.15, -0.1) is 11.8 Å². The summed E-state index contributed by atoms with van der Waals surface area (Å²) in [5, 5.41) is 8.80. The van der Waals surface area contributed by atoms with Crippen LogP contribution in [0.15, 0.2) is 47.5 Å². The highest BCUT2D eigenvalue weighted by molar-refractivity contribution is 7.98. The standard InChI is InChI=1S/C15H15N3S/c1-11(17)13-2-4-15(5-3-13)19-10-12-6-7-18-14(8-12)9-16/h2-8,11H,10,17H2,1H3. The molecule has 3 nitrogen and oxygen atoms in total.